The first-order valence-electron chi connectivity index (χ1n) is 5.64. The topological polar surface area (TPSA) is 24.1 Å². The monoisotopic (exact) mass is 242 g/mol. The van der Waals surface area contributed by atoms with Gasteiger partial charge in [0.2, 0.25) is 0 Å². The molecule has 1 saturated carbocycles. The minimum Gasteiger partial charge on any atom is -0.313 e. The summed E-state index contributed by atoms with van der Waals surface area (Å²) in [7, 11) is 0. The molecule has 1 aliphatic carbocycles. The van der Waals surface area contributed by atoms with Gasteiger partial charge >= 0.3 is 0 Å². The lowest BCUT2D eigenvalue weighted by atomic mass is 10.2. The first kappa shape index (κ1) is 11.8. The Morgan fingerprint density at radius 3 is 2.81 bits per heavy atom. The second-order valence-electron chi connectivity index (χ2n) is 4.14. The average molecular weight is 243 g/mol. The summed E-state index contributed by atoms with van der Waals surface area (Å²) in [5, 5.41) is 7.03. The van der Waals surface area contributed by atoms with Crippen LogP contribution in [0.15, 0.2) is 18.2 Å². The maximum atomic E-state index is 13.4. The van der Waals surface area contributed by atoms with Crippen molar-refractivity contribution in [3.05, 3.63) is 34.6 Å². The fourth-order valence-corrected chi connectivity index (χ4v) is 1.70. The normalized spacial score (nSPS) is 15.4. The fraction of sp³-hybridized carbons (Fsp3) is 0.500. The van der Waals surface area contributed by atoms with Gasteiger partial charge in [0.05, 0.1) is 0 Å². The molecule has 0 atom stereocenters. The Kier molecular flexibility index (Phi) is 4.16. The number of rotatable bonds is 6. The molecule has 2 N–H and O–H groups in total. The van der Waals surface area contributed by atoms with Crippen molar-refractivity contribution < 1.29 is 4.39 Å². The molecule has 0 saturated heterocycles. The Balaban J connectivity index is 1.67. The van der Waals surface area contributed by atoms with Crippen LogP contribution in [0.25, 0.3) is 0 Å². The van der Waals surface area contributed by atoms with E-state index < -0.39 is 0 Å². The van der Waals surface area contributed by atoms with Crippen LogP contribution < -0.4 is 10.6 Å². The van der Waals surface area contributed by atoms with Gasteiger partial charge in [0.15, 0.2) is 0 Å². The van der Waals surface area contributed by atoms with Gasteiger partial charge < -0.3 is 10.6 Å². The van der Waals surface area contributed by atoms with Crippen molar-refractivity contribution >= 4 is 11.6 Å². The zero-order valence-corrected chi connectivity index (χ0v) is 9.86. The third-order valence-corrected chi connectivity index (χ3v) is 2.88. The molecule has 0 radical (unpaired) electrons. The predicted molar refractivity (Wildman–Crippen MR) is 64.1 cm³/mol. The highest BCUT2D eigenvalue weighted by molar-refractivity contribution is 6.30. The van der Waals surface area contributed by atoms with Crippen molar-refractivity contribution in [1.29, 1.82) is 0 Å². The van der Waals surface area contributed by atoms with Crippen LogP contribution in [0.1, 0.15) is 18.4 Å². The molecular formula is C12H16ClFN2. The van der Waals surface area contributed by atoms with E-state index in [2.05, 4.69) is 10.6 Å². The Morgan fingerprint density at radius 1 is 1.31 bits per heavy atom. The average Bonchev–Trinajstić information content (AvgIpc) is 3.04. The number of hydrogen-bond acceptors (Lipinski definition) is 2. The molecule has 2 nitrogen and oxygen atoms in total. The molecule has 1 fully saturated rings. The summed E-state index contributed by atoms with van der Waals surface area (Å²) in [6.07, 6.45) is 2.59. The van der Waals surface area contributed by atoms with E-state index in [-0.39, 0.29) is 5.82 Å². The van der Waals surface area contributed by atoms with E-state index in [0.717, 1.165) is 19.1 Å². The third-order valence-electron chi connectivity index (χ3n) is 2.64. The van der Waals surface area contributed by atoms with Crippen LogP contribution in [0.5, 0.6) is 0 Å². The lowest BCUT2D eigenvalue weighted by molar-refractivity contribution is 0.572. The Morgan fingerprint density at radius 2 is 2.12 bits per heavy atom. The molecule has 0 aromatic heterocycles. The SMILES string of the molecule is Fc1cc(Cl)ccc1CNCCNC1CC1. The molecule has 1 aliphatic rings. The number of nitrogens with one attached hydrogen (secondary N) is 2. The third kappa shape index (κ3) is 3.74. The van der Waals surface area contributed by atoms with E-state index in [1.807, 2.05) is 0 Å². The molecule has 1 aromatic carbocycles. The van der Waals surface area contributed by atoms with Gasteiger partial charge in [0.25, 0.3) is 0 Å². The highest BCUT2D eigenvalue weighted by Crippen LogP contribution is 2.18. The molecule has 16 heavy (non-hydrogen) atoms. The summed E-state index contributed by atoms with van der Waals surface area (Å²) in [6.45, 7) is 2.35. The van der Waals surface area contributed by atoms with E-state index in [1.54, 1.807) is 12.1 Å². The van der Waals surface area contributed by atoms with Crippen molar-refractivity contribution in [3.8, 4) is 0 Å². The molecule has 2 rings (SSSR count). The highest BCUT2D eigenvalue weighted by atomic mass is 35.5. The maximum absolute atomic E-state index is 13.4. The van der Waals surface area contributed by atoms with Crippen molar-refractivity contribution in [2.24, 2.45) is 0 Å². The molecule has 0 amide bonds. The van der Waals surface area contributed by atoms with Crippen LogP contribution in [0.2, 0.25) is 5.02 Å². The van der Waals surface area contributed by atoms with E-state index >= 15 is 0 Å². The Bertz CT molecular complexity index is 353. The maximum Gasteiger partial charge on any atom is 0.129 e. The lowest BCUT2D eigenvalue weighted by Gasteiger charge is -2.07. The van der Waals surface area contributed by atoms with Gasteiger partial charge in [-0.1, -0.05) is 17.7 Å². The summed E-state index contributed by atoms with van der Waals surface area (Å²) in [5.41, 5.74) is 0.663. The van der Waals surface area contributed by atoms with Crippen LogP contribution in [-0.2, 0) is 6.54 Å². The molecule has 0 bridgehead atoms. The second kappa shape index (κ2) is 5.62. The standard InChI is InChI=1S/C12H16ClFN2/c13-10-2-1-9(12(14)7-10)8-15-5-6-16-11-3-4-11/h1-2,7,11,15-16H,3-6,8H2. The number of hydrogen-bond donors (Lipinski definition) is 2. The summed E-state index contributed by atoms with van der Waals surface area (Å²) in [4.78, 5) is 0. The van der Waals surface area contributed by atoms with Crippen molar-refractivity contribution in [1.82, 2.24) is 10.6 Å². The minimum absolute atomic E-state index is 0.241. The molecule has 88 valence electrons. The van der Waals surface area contributed by atoms with Crippen LogP contribution in [-0.4, -0.2) is 19.1 Å². The largest absolute Gasteiger partial charge is 0.313 e. The molecule has 4 heteroatoms. The summed E-state index contributed by atoms with van der Waals surface area (Å²) in [6, 6.07) is 5.51. The first-order valence-corrected chi connectivity index (χ1v) is 6.01. The quantitative estimate of drug-likeness (QED) is 0.749. The lowest BCUT2D eigenvalue weighted by Crippen LogP contribution is -2.28. The smallest absolute Gasteiger partial charge is 0.129 e. The highest BCUT2D eigenvalue weighted by Gasteiger charge is 2.19. The van der Waals surface area contributed by atoms with Crippen LogP contribution in [0.3, 0.4) is 0 Å². The minimum atomic E-state index is -0.241. The number of halogens is 2. The Labute approximate surface area is 100 Å². The van der Waals surface area contributed by atoms with Gasteiger partial charge in [-0.2, -0.15) is 0 Å². The fourth-order valence-electron chi connectivity index (χ4n) is 1.54. The molecule has 0 aliphatic heterocycles. The van der Waals surface area contributed by atoms with Gasteiger partial charge in [0.1, 0.15) is 5.82 Å². The summed E-state index contributed by atoms with van der Waals surface area (Å²) < 4.78 is 13.4. The van der Waals surface area contributed by atoms with Crippen LogP contribution >= 0.6 is 11.6 Å². The zero-order chi connectivity index (χ0) is 11.4. The van der Waals surface area contributed by atoms with Crippen LogP contribution in [0, 0.1) is 5.82 Å². The van der Waals surface area contributed by atoms with E-state index in [9.17, 15) is 4.39 Å². The molecule has 0 heterocycles. The zero-order valence-electron chi connectivity index (χ0n) is 9.10. The van der Waals surface area contributed by atoms with E-state index in [1.165, 1.54) is 18.9 Å². The molecule has 1 aromatic rings. The molecular weight excluding hydrogens is 227 g/mol. The van der Waals surface area contributed by atoms with Gasteiger partial charge in [0, 0.05) is 36.3 Å². The Hall–Kier alpha value is -0.640. The summed E-state index contributed by atoms with van der Waals surface area (Å²) >= 11 is 5.67. The van der Waals surface area contributed by atoms with Crippen LogP contribution in [0.4, 0.5) is 4.39 Å². The van der Waals surface area contributed by atoms with E-state index in [0.29, 0.717) is 17.1 Å². The van der Waals surface area contributed by atoms with Gasteiger partial charge in [-0.25, -0.2) is 4.39 Å². The number of benzene rings is 1. The van der Waals surface area contributed by atoms with Gasteiger partial charge in [-0.05, 0) is 25.0 Å². The van der Waals surface area contributed by atoms with Gasteiger partial charge in [-0.15, -0.1) is 0 Å². The molecule has 0 unspecified atom stereocenters. The molecule has 0 spiro atoms. The van der Waals surface area contributed by atoms with Crippen molar-refractivity contribution in [2.45, 2.75) is 25.4 Å². The first-order chi connectivity index (χ1) is 7.75. The predicted octanol–water partition coefficient (Wildman–Crippen LogP) is 2.32. The van der Waals surface area contributed by atoms with E-state index in [4.69, 9.17) is 11.6 Å². The second-order valence-corrected chi connectivity index (χ2v) is 4.58. The summed E-state index contributed by atoms with van der Waals surface area (Å²) in [5.74, 6) is -0.241. The van der Waals surface area contributed by atoms with Gasteiger partial charge in [-0.3, -0.25) is 0 Å². The van der Waals surface area contributed by atoms with Crippen molar-refractivity contribution in [2.75, 3.05) is 13.1 Å². The van der Waals surface area contributed by atoms with Crippen molar-refractivity contribution in [3.63, 3.8) is 0 Å².